The molecule has 1 fully saturated rings. The van der Waals surface area contributed by atoms with Crippen LogP contribution in [0.15, 0.2) is 41.0 Å². The van der Waals surface area contributed by atoms with Crippen LogP contribution < -0.4 is 0 Å². The number of aromatic nitrogens is 3. The van der Waals surface area contributed by atoms with Gasteiger partial charge >= 0.3 is 5.97 Å². The second-order valence-corrected chi connectivity index (χ2v) is 7.17. The molecule has 140 valence electrons. The summed E-state index contributed by atoms with van der Waals surface area (Å²) in [6, 6.07) is 3.70. The van der Waals surface area contributed by atoms with Crippen molar-refractivity contribution in [2.45, 2.75) is 13.3 Å². The van der Waals surface area contributed by atoms with Crippen LogP contribution >= 0.6 is 11.6 Å². The molecule has 0 unspecified atom stereocenters. The SMILES string of the molecule is Cc1cn(-c2ccc(/C=C(\CC3(CCl)COC3)C(=O)O)c3ncoc23)cn1. The molecule has 0 bridgehead atoms. The van der Waals surface area contributed by atoms with Crippen molar-refractivity contribution in [1.29, 1.82) is 0 Å². The Kier molecular flexibility index (Phi) is 4.49. The summed E-state index contributed by atoms with van der Waals surface area (Å²) in [4.78, 5) is 20.3. The third-order valence-electron chi connectivity index (χ3n) is 4.75. The Morgan fingerprint density at radius 1 is 1.41 bits per heavy atom. The molecule has 1 saturated heterocycles. The van der Waals surface area contributed by atoms with E-state index < -0.39 is 5.97 Å². The maximum absolute atomic E-state index is 11.8. The van der Waals surface area contributed by atoms with E-state index in [2.05, 4.69) is 9.97 Å². The Bertz CT molecular complexity index is 1030. The van der Waals surface area contributed by atoms with Gasteiger partial charge in [-0.1, -0.05) is 6.07 Å². The number of hydrogen-bond donors (Lipinski definition) is 1. The summed E-state index contributed by atoms with van der Waals surface area (Å²) in [5.41, 5.74) is 3.49. The van der Waals surface area contributed by atoms with Gasteiger partial charge in [0.1, 0.15) is 5.52 Å². The number of imidazole rings is 1. The minimum absolute atomic E-state index is 0.273. The zero-order valence-electron chi connectivity index (χ0n) is 14.7. The van der Waals surface area contributed by atoms with Gasteiger partial charge in [-0.05, 0) is 25.5 Å². The standard InChI is InChI=1S/C19H18ClN3O4/c1-12-6-23(10-21-12)15-3-2-13(16-17(15)27-11-22-16)4-14(18(24)25)5-19(7-20)8-26-9-19/h2-4,6,10-11H,5,7-9H2,1H3,(H,24,25)/b14-4+. The van der Waals surface area contributed by atoms with Crippen molar-refractivity contribution < 1.29 is 19.1 Å². The quantitative estimate of drug-likeness (QED) is 0.514. The Morgan fingerprint density at radius 2 is 2.22 bits per heavy atom. The molecule has 7 nitrogen and oxygen atoms in total. The van der Waals surface area contributed by atoms with Crippen LogP contribution in [0.2, 0.25) is 0 Å². The normalized spacial score (nSPS) is 16.4. The highest BCUT2D eigenvalue weighted by atomic mass is 35.5. The number of carbonyl (C=O) groups is 1. The van der Waals surface area contributed by atoms with E-state index in [-0.39, 0.29) is 11.0 Å². The Balaban J connectivity index is 1.76. The van der Waals surface area contributed by atoms with Gasteiger partial charge in [-0.2, -0.15) is 0 Å². The lowest BCUT2D eigenvalue weighted by molar-refractivity contribution is -0.135. The van der Waals surface area contributed by atoms with Crippen molar-refractivity contribution in [2.75, 3.05) is 19.1 Å². The number of benzene rings is 1. The lowest BCUT2D eigenvalue weighted by Crippen LogP contribution is -2.44. The zero-order chi connectivity index (χ0) is 19.0. The summed E-state index contributed by atoms with van der Waals surface area (Å²) in [6.45, 7) is 2.85. The molecular formula is C19H18ClN3O4. The number of aryl methyl sites for hydroxylation is 1. The first-order valence-electron chi connectivity index (χ1n) is 8.46. The van der Waals surface area contributed by atoms with E-state index in [4.69, 9.17) is 20.8 Å². The van der Waals surface area contributed by atoms with Crippen LogP contribution in [0.25, 0.3) is 22.9 Å². The number of aliphatic carboxylic acids is 1. The fourth-order valence-electron chi connectivity index (χ4n) is 3.23. The van der Waals surface area contributed by atoms with E-state index in [1.54, 1.807) is 12.4 Å². The Labute approximate surface area is 160 Å². The number of carboxylic acids is 1. The van der Waals surface area contributed by atoms with Crippen molar-refractivity contribution in [1.82, 2.24) is 14.5 Å². The number of halogens is 1. The van der Waals surface area contributed by atoms with Gasteiger partial charge in [0.15, 0.2) is 12.0 Å². The van der Waals surface area contributed by atoms with Crippen molar-refractivity contribution in [3.05, 3.63) is 47.9 Å². The van der Waals surface area contributed by atoms with Gasteiger partial charge in [0.25, 0.3) is 0 Å². The largest absolute Gasteiger partial charge is 0.478 e. The summed E-state index contributed by atoms with van der Waals surface area (Å²) in [7, 11) is 0. The monoisotopic (exact) mass is 387 g/mol. The van der Waals surface area contributed by atoms with Crippen molar-refractivity contribution in [2.24, 2.45) is 5.41 Å². The molecule has 4 rings (SSSR count). The third-order valence-corrected chi connectivity index (χ3v) is 5.32. The predicted molar refractivity (Wildman–Crippen MR) is 100 cm³/mol. The molecule has 3 aromatic rings. The van der Waals surface area contributed by atoms with Crippen molar-refractivity contribution in [3.8, 4) is 5.69 Å². The van der Waals surface area contributed by atoms with E-state index in [1.807, 2.05) is 29.8 Å². The van der Waals surface area contributed by atoms with Crippen LogP contribution in [-0.2, 0) is 9.53 Å². The van der Waals surface area contributed by atoms with Crippen LogP contribution in [0.3, 0.4) is 0 Å². The van der Waals surface area contributed by atoms with Gasteiger partial charge < -0.3 is 18.8 Å². The van der Waals surface area contributed by atoms with Crippen LogP contribution in [0.5, 0.6) is 0 Å². The molecule has 3 heterocycles. The first-order valence-corrected chi connectivity index (χ1v) is 8.99. The molecule has 27 heavy (non-hydrogen) atoms. The predicted octanol–water partition coefficient (Wildman–Crippen LogP) is 3.44. The number of carboxylic acid groups (broad SMARTS) is 1. The number of rotatable bonds is 6. The Hall–Kier alpha value is -2.64. The molecule has 0 radical (unpaired) electrons. The van der Waals surface area contributed by atoms with Crippen LogP contribution in [-0.4, -0.2) is 44.7 Å². The van der Waals surface area contributed by atoms with Gasteiger partial charge in [-0.25, -0.2) is 14.8 Å². The molecule has 8 heteroatoms. The molecule has 1 aliphatic rings. The van der Waals surface area contributed by atoms with E-state index in [0.29, 0.717) is 42.2 Å². The fraction of sp³-hybridized carbons (Fsp3) is 0.316. The maximum Gasteiger partial charge on any atom is 0.331 e. The first kappa shape index (κ1) is 17.8. The molecule has 0 atom stereocenters. The number of nitrogens with zero attached hydrogens (tertiary/aromatic N) is 3. The highest BCUT2D eigenvalue weighted by Gasteiger charge is 2.39. The number of alkyl halides is 1. The second-order valence-electron chi connectivity index (χ2n) is 6.90. The van der Waals surface area contributed by atoms with Gasteiger partial charge in [-0.15, -0.1) is 11.6 Å². The fourth-order valence-corrected chi connectivity index (χ4v) is 3.48. The number of fused-ring (bicyclic) bond motifs is 1. The van der Waals surface area contributed by atoms with Gasteiger partial charge in [-0.3, -0.25) is 0 Å². The molecule has 0 spiro atoms. The summed E-state index contributed by atoms with van der Waals surface area (Å²) < 4.78 is 12.7. The van der Waals surface area contributed by atoms with E-state index in [0.717, 1.165) is 11.4 Å². The topological polar surface area (TPSA) is 90.4 Å². The molecular weight excluding hydrogens is 370 g/mol. The van der Waals surface area contributed by atoms with E-state index >= 15 is 0 Å². The van der Waals surface area contributed by atoms with Crippen molar-refractivity contribution >= 4 is 34.7 Å². The summed E-state index contributed by atoms with van der Waals surface area (Å²) in [6.07, 6.45) is 6.92. The molecule has 1 N–H and O–H groups in total. The van der Waals surface area contributed by atoms with Gasteiger partial charge in [0.2, 0.25) is 0 Å². The number of hydrogen-bond acceptors (Lipinski definition) is 5. The molecule has 0 amide bonds. The average Bonchev–Trinajstić information content (AvgIpc) is 3.26. The highest BCUT2D eigenvalue weighted by Crippen LogP contribution is 2.37. The minimum Gasteiger partial charge on any atom is -0.478 e. The molecule has 1 aliphatic heterocycles. The lowest BCUT2D eigenvalue weighted by Gasteiger charge is -2.40. The maximum atomic E-state index is 11.8. The lowest BCUT2D eigenvalue weighted by atomic mass is 9.81. The Morgan fingerprint density at radius 3 is 2.81 bits per heavy atom. The van der Waals surface area contributed by atoms with Crippen molar-refractivity contribution in [3.63, 3.8) is 0 Å². The van der Waals surface area contributed by atoms with Crippen LogP contribution in [0.4, 0.5) is 0 Å². The minimum atomic E-state index is -0.975. The molecule has 1 aromatic carbocycles. The smallest absolute Gasteiger partial charge is 0.331 e. The van der Waals surface area contributed by atoms with Gasteiger partial charge in [0.05, 0.1) is 30.9 Å². The summed E-state index contributed by atoms with van der Waals surface area (Å²) in [5.74, 6) is -0.618. The second kappa shape index (κ2) is 6.83. The van der Waals surface area contributed by atoms with Crippen LogP contribution in [0.1, 0.15) is 17.7 Å². The highest BCUT2D eigenvalue weighted by molar-refractivity contribution is 6.18. The molecule has 0 aliphatic carbocycles. The first-order chi connectivity index (χ1) is 13.0. The number of ether oxygens (including phenoxy) is 1. The van der Waals surface area contributed by atoms with E-state index in [1.165, 1.54) is 6.39 Å². The third kappa shape index (κ3) is 3.24. The van der Waals surface area contributed by atoms with Gasteiger partial charge in [0, 0.05) is 28.6 Å². The molecule has 2 aromatic heterocycles. The average molecular weight is 388 g/mol. The number of oxazole rings is 1. The van der Waals surface area contributed by atoms with Crippen LogP contribution in [0, 0.1) is 12.3 Å². The molecule has 0 saturated carbocycles. The zero-order valence-corrected chi connectivity index (χ0v) is 15.4. The summed E-state index contributed by atoms with van der Waals surface area (Å²) >= 11 is 6.04. The summed E-state index contributed by atoms with van der Waals surface area (Å²) in [5, 5.41) is 9.66. The van der Waals surface area contributed by atoms with E-state index in [9.17, 15) is 9.90 Å².